The molecule has 78 valence electrons. The Labute approximate surface area is 90.3 Å². The van der Waals surface area contributed by atoms with Gasteiger partial charge in [0.2, 0.25) is 0 Å². The molecule has 0 aromatic rings. The standard InChI is InChI=1S/C12H18OS/c1-9(13)4-3-7-14-12-6-2-5-10-8-11(10)12/h2,6,10-12H,3-5,7-8H2,1H3. The van der Waals surface area contributed by atoms with Crippen molar-refractivity contribution in [2.45, 2.75) is 37.9 Å². The molecule has 2 rings (SSSR count). The largest absolute Gasteiger partial charge is 0.300 e. The summed E-state index contributed by atoms with van der Waals surface area (Å²) < 4.78 is 0. The van der Waals surface area contributed by atoms with E-state index < -0.39 is 0 Å². The Bertz CT molecular complexity index is 247. The maximum absolute atomic E-state index is 10.7. The van der Waals surface area contributed by atoms with Gasteiger partial charge in [-0.2, -0.15) is 11.8 Å². The Hall–Kier alpha value is -0.240. The third kappa shape index (κ3) is 2.63. The smallest absolute Gasteiger partial charge is 0.129 e. The monoisotopic (exact) mass is 210 g/mol. The molecule has 0 heterocycles. The molecule has 0 spiro atoms. The van der Waals surface area contributed by atoms with E-state index in [1.165, 1.54) is 12.8 Å². The molecule has 1 nitrogen and oxygen atoms in total. The van der Waals surface area contributed by atoms with Gasteiger partial charge in [-0.05, 0) is 43.8 Å². The summed E-state index contributed by atoms with van der Waals surface area (Å²) in [5.41, 5.74) is 0. The Morgan fingerprint density at radius 2 is 2.43 bits per heavy atom. The first-order chi connectivity index (χ1) is 6.77. The quantitative estimate of drug-likeness (QED) is 0.512. The molecular formula is C12H18OS. The second-order valence-electron chi connectivity index (χ2n) is 4.46. The first kappa shape index (κ1) is 10.3. The van der Waals surface area contributed by atoms with E-state index in [1.807, 2.05) is 0 Å². The van der Waals surface area contributed by atoms with Crippen molar-refractivity contribution in [3.05, 3.63) is 12.2 Å². The van der Waals surface area contributed by atoms with Gasteiger partial charge in [0.05, 0.1) is 0 Å². The lowest BCUT2D eigenvalue weighted by Gasteiger charge is -2.15. The van der Waals surface area contributed by atoms with Crippen molar-refractivity contribution in [3.63, 3.8) is 0 Å². The lowest BCUT2D eigenvalue weighted by molar-refractivity contribution is -0.117. The van der Waals surface area contributed by atoms with Gasteiger partial charge in [-0.15, -0.1) is 0 Å². The van der Waals surface area contributed by atoms with Gasteiger partial charge in [-0.1, -0.05) is 12.2 Å². The van der Waals surface area contributed by atoms with Crippen molar-refractivity contribution < 1.29 is 4.79 Å². The Morgan fingerprint density at radius 1 is 1.57 bits per heavy atom. The molecule has 0 radical (unpaired) electrons. The van der Waals surface area contributed by atoms with Crippen LogP contribution in [0.4, 0.5) is 0 Å². The SMILES string of the molecule is CC(=O)CCCSC1C=CCC2CC21. The summed E-state index contributed by atoms with van der Waals surface area (Å²) in [5, 5.41) is 0.765. The minimum atomic E-state index is 0.328. The first-order valence-electron chi connectivity index (χ1n) is 5.55. The summed E-state index contributed by atoms with van der Waals surface area (Å²) in [6.45, 7) is 1.68. The highest BCUT2D eigenvalue weighted by molar-refractivity contribution is 8.00. The second-order valence-corrected chi connectivity index (χ2v) is 5.75. The van der Waals surface area contributed by atoms with Gasteiger partial charge in [0.15, 0.2) is 0 Å². The maximum atomic E-state index is 10.7. The summed E-state index contributed by atoms with van der Waals surface area (Å²) in [6, 6.07) is 0. The summed E-state index contributed by atoms with van der Waals surface area (Å²) in [7, 11) is 0. The van der Waals surface area contributed by atoms with Crippen LogP contribution in [0.5, 0.6) is 0 Å². The zero-order valence-corrected chi connectivity index (χ0v) is 9.56. The summed E-state index contributed by atoms with van der Waals surface area (Å²) >= 11 is 2.05. The average molecular weight is 210 g/mol. The third-order valence-electron chi connectivity index (χ3n) is 3.15. The van der Waals surface area contributed by atoms with Crippen LogP contribution >= 0.6 is 11.8 Å². The van der Waals surface area contributed by atoms with Crippen LogP contribution in [0.25, 0.3) is 0 Å². The van der Waals surface area contributed by atoms with E-state index in [9.17, 15) is 4.79 Å². The van der Waals surface area contributed by atoms with Crippen LogP contribution in [0.3, 0.4) is 0 Å². The van der Waals surface area contributed by atoms with E-state index in [4.69, 9.17) is 0 Å². The molecule has 3 atom stereocenters. The molecule has 0 aromatic carbocycles. The Morgan fingerprint density at radius 3 is 3.21 bits per heavy atom. The molecule has 2 aliphatic carbocycles. The van der Waals surface area contributed by atoms with Gasteiger partial charge in [0.1, 0.15) is 5.78 Å². The van der Waals surface area contributed by atoms with E-state index in [0.717, 1.165) is 35.7 Å². The van der Waals surface area contributed by atoms with Crippen LogP contribution in [-0.2, 0) is 4.79 Å². The number of hydrogen-bond acceptors (Lipinski definition) is 2. The molecule has 1 saturated carbocycles. The molecule has 3 unspecified atom stereocenters. The number of carbonyl (C=O) groups is 1. The summed E-state index contributed by atoms with van der Waals surface area (Å²) in [4.78, 5) is 10.7. The number of rotatable bonds is 5. The molecule has 0 bridgehead atoms. The third-order valence-corrected chi connectivity index (χ3v) is 4.56. The van der Waals surface area contributed by atoms with E-state index >= 15 is 0 Å². The van der Waals surface area contributed by atoms with Crippen LogP contribution in [0.2, 0.25) is 0 Å². The zero-order valence-electron chi connectivity index (χ0n) is 8.74. The predicted octanol–water partition coefficient (Wildman–Crippen LogP) is 3.05. The number of carbonyl (C=O) groups excluding carboxylic acids is 1. The normalized spacial score (nSPS) is 33.9. The first-order valence-corrected chi connectivity index (χ1v) is 6.60. The van der Waals surface area contributed by atoms with Gasteiger partial charge in [-0.3, -0.25) is 0 Å². The number of thioether (sulfide) groups is 1. The van der Waals surface area contributed by atoms with Crippen LogP contribution < -0.4 is 0 Å². The summed E-state index contributed by atoms with van der Waals surface area (Å²) in [5.74, 6) is 3.46. The predicted molar refractivity (Wildman–Crippen MR) is 61.5 cm³/mol. The van der Waals surface area contributed by atoms with Gasteiger partial charge in [0.25, 0.3) is 0 Å². The van der Waals surface area contributed by atoms with E-state index in [-0.39, 0.29) is 0 Å². The molecule has 0 amide bonds. The minimum Gasteiger partial charge on any atom is -0.300 e. The van der Waals surface area contributed by atoms with E-state index in [0.29, 0.717) is 5.78 Å². The number of fused-ring (bicyclic) bond motifs is 1. The fourth-order valence-corrected chi connectivity index (χ4v) is 3.58. The molecular weight excluding hydrogens is 192 g/mol. The van der Waals surface area contributed by atoms with Crippen molar-refractivity contribution >= 4 is 17.5 Å². The van der Waals surface area contributed by atoms with Gasteiger partial charge in [0, 0.05) is 11.7 Å². The number of ketones is 1. The fourth-order valence-electron chi connectivity index (χ4n) is 2.19. The number of allylic oxidation sites excluding steroid dienone is 1. The van der Waals surface area contributed by atoms with Crippen molar-refractivity contribution in [1.29, 1.82) is 0 Å². The van der Waals surface area contributed by atoms with Crippen molar-refractivity contribution in [1.82, 2.24) is 0 Å². The fraction of sp³-hybridized carbons (Fsp3) is 0.750. The lowest BCUT2D eigenvalue weighted by atomic mass is 10.1. The molecule has 0 aliphatic heterocycles. The van der Waals surface area contributed by atoms with Crippen LogP contribution in [0.1, 0.15) is 32.6 Å². The second kappa shape index (κ2) is 4.52. The highest BCUT2D eigenvalue weighted by Gasteiger charge is 2.42. The molecule has 2 heteroatoms. The number of Topliss-reactive ketones (excluding diaryl/α,β-unsaturated/α-hetero) is 1. The van der Waals surface area contributed by atoms with Crippen molar-refractivity contribution in [2.24, 2.45) is 11.8 Å². The van der Waals surface area contributed by atoms with Gasteiger partial charge >= 0.3 is 0 Å². The maximum Gasteiger partial charge on any atom is 0.129 e. The Kier molecular flexibility index (Phi) is 3.32. The molecule has 14 heavy (non-hydrogen) atoms. The van der Waals surface area contributed by atoms with Crippen LogP contribution in [0.15, 0.2) is 12.2 Å². The average Bonchev–Trinajstić information content (AvgIpc) is 2.91. The highest BCUT2D eigenvalue weighted by atomic mass is 32.2. The molecule has 2 aliphatic rings. The van der Waals surface area contributed by atoms with Crippen molar-refractivity contribution in [3.8, 4) is 0 Å². The van der Waals surface area contributed by atoms with E-state index in [2.05, 4.69) is 23.9 Å². The van der Waals surface area contributed by atoms with Gasteiger partial charge in [-0.25, -0.2) is 0 Å². The number of hydrogen-bond donors (Lipinski definition) is 0. The summed E-state index contributed by atoms with van der Waals surface area (Å²) in [6.07, 6.45) is 9.30. The Balaban J connectivity index is 1.63. The van der Waals surface area contributed by atoms with Crippen LogP contribution in [-0.4, -0.2) is 16.8 Å². The van der Waals surface area contributed by atoms with Gasteiger partial charge < -0.3 is 4.79 Å². The molecule has 0 saturated heterocycles. The molecule has 1 fully saturated rings. The minimum absolute atomic E-state index is 0.328. The zero-order chi connectivity index (χ0) is 9.97. The van der Waals surface area contributed by atoms with E-state index in [1.54, 1.807) is 6.92 Å². The molecule has 0 aromatic heterocycles. The van der Waals surface area contributed by atoms with Crippen molar-refractivity contribution in [2.75, 3.05) is 5.75 Å². The topological polar surface area (TPSA) is 17.1 Å². The lowest BCUT2D eigenvalue weighted by Crippen LogP contribution is -2.08. The van der Waals surface area contributed by atoms with Crippen LogP contribution in [0, 0.1) is 11.8 Å². The molecule has 0 N–H and O–H groups in total. The highest BCUT2D eigenvalue weighted by Crippen LogP contribution is 2.50.